The molecule has 0 fully saturated rings. The molecule has 1 unspecified atom stereocenters. The molecule has 104 valence electrons. The molecule has 1 rings (SSSR count). The van der Waals surface area contributed by atoms with Crippen LogP contribution in [-0.4, -0.2) is 50.7 Å². The van der Waals surface area contributed by atoms with Gasteiger partial charge in [0, 0.05) is 31.6 Å². The minimum absolute atomic E-state index is 0.345. The van der Waals surface area contributed by atoms with Crippen LogP contribution in [0.15, 0.2) is 5.38 Å². The van der Waals surface area contributed by atoms with E-state index in [1.54, 1.807) is 11.3 Å². The topological polar surface area (TPSA) is 31.4 Å². The number of nitrogens with one attached hydrogen (secondary N) is 1. The molecule has 4 nitrogen and oxygen atoms in total. The minimum atomic E-state index is 0.345. The summed E-state index contributed by atoms with van der Waals surface area (Å²) in [5.41, 5.74) is 1.15. The molecule has 0 aliphatic heterocycles. The standard InChI is InChI=1S/C13H26N4S/c1-6-7-14-11(2)12-10-18-13(15-12)17(5)9-8-16(3)4/h10-11,14H,6-9H2,1-5H3. The van der Waals surface area contributed by atoms with Crippen molar-refractivity contribution in [3.05, 3.63) is 11.1 Å². The van der Waals surface area contributed by atoms with Crippen LogP contribution in [0, 0.1) is 0 Å². The fourth-order valence-corrected chi connectivity index (χ4v) is 2.47. The van der Waals surface area contributed by atoms with Crippen LogP contribution in [0.5, 0.6) is 0 Å². The van der Waals surface area contributed by atoms with Gasteiger partial charge in [0.2, 0.25) is 0 Å². The van der Waals surface area contributed by atoms with Gasteiger partial charge in [-0.3, -0.25) is 0 Å². The first-order valence-corrected chi connectivity index (χ1v) is 7.47. The van der Waals surface area contributed by atoms with Crippen molar-refractivity contribution >= 4 is 16.5 Å². The van der Waals surface area contributed by atoms with Gasteiger partial charge >= 0.3 is 0 Å². The maximum Gasteiger partial charge on any atom is 0.185 e. The number of hydrogen-bond donors (Lipinski definition) is 1. The maximum absolute atomic E-state index is 4.70. The summed E-state index contributed by atoms with van der Waals surface area (Å²) in [6.45, 7) is 7.46. The molecular weight excluding hydrogens is 244 g/mol. The van der Waals surface area contributed by atoms with E-state index in [0.717, 1.165) is 36.9 Å². The van der Waals surface area contributed by atoms with E-state index in [1.165, 1.54) is 0 Å². The molecule has 1 aromatic heterocycles. The second kappa shape index (κ2) is 7.71. The van der Waals surface area contributed by atoms with Gasteiger partial charge in [-0.2, -0.15) is 0 Å². The summed E-state index contributed by atoms with van der Waals surface area (Å²) in [6, 6.07) is 0.345. The largest absolute Gasteiger partial charge is 0.350 e. The van der Waals surface area contributed by atoms with Crippen molar-refractivity contribution in [1.82, 2.24) is 15.2 Å². The minimum Gasteiger partial charge on any atom is -0.350 e. The lowest BCUT2D eigenvalue weighted by atomic mass is 10.2. The average molecular weight is 270 g/mol. The van der Waals surface area contributed by atoms with Gasteiger partial charge in [-0.25, -0.2) is 4.98 Å². The van der Waals surface area contributed by atoms with Crippen LogP contribution in [0.2, 0.25) is 0 Å². The Morgan fingerprint density at radius 3 is 2.67 bits per heavy atom. The molecule has 1 aromatic rings. The Kier molecular flexibility index (Phi) is 6.60. The highest BCUT2D eigenvalue weighted by Crippen LogP contribution is 2.23. The van der Waals surface area contributed by atoms with Gasteiger partial charge in [-0.15, -0.1) is 11.3 Å². The number of rotatable bonds is 8. The molecule has 0 aliphatic rings. The molecule has 5 heteroatoms. The van der Waals surface area contributed by atoms with Crippen molar-refractivity contribution in [3.63, 3.8) is 0 Å². The molecule has 0 amide bonds. The SMILES string of the molecule is CCCNC(C)c1csc(N(C)CCN(C)C)n1. The first kappa shape index (κ1) is 15.4. The Balaban J connectivity index is 2.51. The van der Waals surface area contributed by atoms with Crippen molar-refractivity contribution in [2.75, 3.05) is 45.7 Å². The summed E-state index contributed by atoms with van der Waals surface area (Å²) in [6.07, 6.45) is 1.16. The molecule has 1 heterocycles. The molecular formula is C13H26N4S. The van der Waals surface area contributed by atoms with Crippen LogP contribution >= 0.6 is 11.3 Å². The van der Waals surface area contributed by atoms with Gasteiger partial charge in [-0.05, 0) is 34.0 Å². The normalized spacial score (nSPS) is 13.0. The van der Waals surface area contributed by atoms with Gasteiger partial charge < -0.3 is 15.1 Å². The summed E-state index contributed by atoms with van der Waals surface area (Å²) in [5, 5.41) is 6.74. The Morgan fingerprint density at radius 1 is 1.33 bits per heavy atom. The smallest absolute Gasteiger partial charge is 0.185 e. The maximum atomic E-state index is 4.70. The molecule has 0 radical (unpaired) electrons. The van der Waals surface area contributed by atoms with E-state index >= 15 is 0 Å². The third-order valence-corrected chi connectivity index (χ3v) is 3.84. The predicted molar refractivity (Wildman–Crippen MR) is 80.6 cm³/mol. The molecule has 0 spiro atoms. The van der Waals surface area contributed by atoms with E-state index < -0.39 is 0 Å². The molecule has 0 aromatic carbocycles. The van der Waals surface area contributed by atoms with Crippen molar-refractivity contribution in [1.29, 1.82) is 0 Å². The highest BCUT2D eigenvalue weighted by molar-refractivity contribution is 7.13. The van der Waals surface area contributed by atoms with Crippen LogP contribution in [0.4, 0.5) is 5.13 Å². The zero-order valence-corrected chi connectivity index (χ0v) is 13.0. The average Bonchev–Trinajstić information content (AvgIpc) is 2.82. The number of thiazole rings is 1. The molecule has 0 saturated heterocycles. The zero-order chi connectivity index (χ0) is 13.5. The van der Waals surface area contributed by atoms with Crippen LogP contribution in [0.25, 0.3) is 0 Å². The number of hydrogen-bond acceptors (Lipinski definition) is 5. The van der Waals surface area contributed by atoms with Crippen LogP contribution in [-0.2, 0) is 0 Å². The predicted octanol–water partition coefficient (Wildman–Crippen LogP) is 2.20. The van der Waals surface area contributed by atoms with Crippen LogP contribution in [0.1, 0.15) is 32.0 Å². The van der Waals surface area contributed by atoms with Gasteiger partial charge in [0.05, 0.1) is 5.69 Å². The van der Waals surface area contributed by atoms with Crippen molar-refractivity contribution < 1.29 is 0 Å². The van der Waals surface area contributed by atoms with E-state index in [-0.39, 0.29) is 0 Å². The highest BCUT2D eigenvalue weighted by Gasteiger charge is 2.11. The third kappa shape index (κ3) is 4.92. The fourth-order valence-electron chi connectivity index (χ4n) is 1.56. The lowest BCUT2D eigenvalue weighted by Crippen LogP contribution is -2.28. The van der Waals surface area contributed by atoms with E-state index in [1.807, 2.05) is 0 Å². The second-order valence-electron chi connectivity index (χ2n) is 4.96. The molecule has 0 saturated carbocycles. The summed E-state index contributed by atoms with van der Waals surface area (Å²) < 4.78 is 0. The Labute approximate surface area is 115 Å². The molecule has 0 bridgehead atoms. The number of aromatic nitrogens is 1. The summed E-state index contributed by atoms with van der Waals surface area (Å²) in [4.78, 5) is 9.12. The van der Waals surface area contributed by atoms with Crippen molar-refractivity contribution in [2.24, 2.45) is 0 Å². The Hall–Kier alpha value is -0.650. The summed E-state index contributed by atoms with van der Waals surface area (Å²) in [7, 11) is 6.30. The number of nitrogens with zero attached hydrogens (tertiary/aromatic N) is 3. The molecule has 1 N–H and O–H groups in total. The second-order valence-corrected chi connectivity index (χ2v) is 5.79. The molecule has 18 heavy (non-hydrogen) atoms. The quantitative estimate of drug-likeness (QED) is 0.785. The monoisotopic (exact) mass is 270 g/mol. The van der Waals surface area contributed by atoms with Gasteiger partial charge in [0.15, 0.2) is 5.13 Å². The van der Waals surface area contributed by atoms with Crippen LogP contribution < -0.4 is 10.2 Å². The number of anilines is 1. The van der Waals surface area contributed by atoms with E-state index in [0.29, 0.717) is 6.04 Å². The lowest BCUT2D eigenvalue weighted by molar-refractivity contribution is 0.416. The molecule has 1 atom stereocenters. The Morgan fingerprint density at radius 2 is 2.06 bits per heavy atom. The Bertz CT molecular complexity index is 337. The van der Waals surface area contributed by atoms with E-state index in [4.69, 9.17) is 4.98 Å². The third-order valence-electron chi connectivity index (χ3n) is 2.86. The highest BCUT2D eigenvalue weighted by atomic mass is 32.1. The van der Waals surface area contributed by atoms with E-state index in [2.05, 4.69) is 55.5 Å². The van der Waals surface area contributed by atoms with Gasteiger partial charge in [0.1, 0.15) is 0 Å². The first-order valence-electron chi connectivity index (χ1n) is 6.59. The fraction of sp³-hybridized carbons (Fsp3) is 0.769. The van der Waals surface area contributed by atoms with Crippen LogP contribution in [0.3, 0.4) is 0 Å². The van der Waals surface area contributed by atoms with Crippen molar-refractivity contribution in [2.45, 2.75) is 26.3 Å². The zero-order valence-electron chi connectivity index (χ0n) is 12.2. The lowest BCUT2D eigenvalue weighted by Gasteiger charge is -2.18. The summed E-state index contributed by atoms with van der Waals surface area (Å²) in [5.74, 6) is 0. The summed E-state index contributed by atoms with van der Waals surface area (Å²) >= 11 is 1.73. The van der Waals surface area contributed by atoms with Gasteiger partial charge in [0.25, 0.3) is 0 Å². The molecule has 0 aliphatic carbocycles. The van der Waals surface area contributed by atoms with Crippen molar-refractivity contribution in [3.8, 4) is 0 Å². The number of likely N-dealkylation sites (N-methyl/N-ethyl adjacent to an activating group) is 2. The first-order chi connectivity index (χ1) is 8.54. The van der Waals surface area contributed by atoms with E-state index in [9.17, 15) is 0 Å². The van der Waals surface area contributed by atoms with Gasteiger partial charge in [-0.1, -0.05) is 6.92 Å².